The van der Waals surface area contributed by atoms with E-state index in [0.29, 0.717) is 28.2 Å². The maximum atomic E-state index is 12.9. The Morgan fingerprint density at radius 1 is 1.27 bits per heavy atom. The highest BCUT2D eigenvalue weighted by atomic mass is 127. The van der Waals surface area contributed by atoms with Crippen LogP contribution in [0.3, 0.4) is 0 Å². The number of aromatic amines is 1. The van der Waals surface area contributed by atoms with E-state index < -0.39 is 0 Å². The zero-order valence-electron chi connectivity index (χ0n) is 11.8. The average molecular weight is 424 g/mol. The van der Waals surface area contributed by atoms with Gasteiger partial charge in [0.2, 0.25) is 0 Å². The molecule has 0 radical (unpaired) electrons. The van der Waals surface area contributed by atoms with E-state index in [1.165, 1.54) is 4.57 Å². The number of benzene rings is 2. The third-order valence-corrected chi connectivity index (χ3v) is 4.22. The van der Waals surface area contributed by atoms with Crippen molar-refractivity contribution in [2.45, 2.75) is 6.92 Å². The zero-order chi connectivity index (χ0) is 15.7. The number of halogens is 1. The van der Waals surface area contributed by atoms with Crippen LogP contribution in [0.25, 0.3) is 16.6 Å². The minimum atomic E-state index is -0.149. The summed E-state index contributed by atoms with van der Waals surface area (Å²) in [5, 5.41) is 0.604. The van der Waals surface area contributed by atoms with Crippen molar-refractivity contribution in [1.29, 1.82) is 0 Å². The molecular weight excluding hydrogens is 411 g/mol. The Morgan fingerprint density at radius 3 is 2.82 bits per heavy atom. The highest BCUT2D eigenvalue weighted by Gasteiger charge is 2.11. The van der Waals surface area contributed by atoms with E-state index in [9.17, 15) is 4.79 Å². The van der Waals surface area contributed by atoms with E-state index >= 15 is 0 Å². The summed E-state index contributed by atoms with van der Waals surface area (Å²) >= 11 is 7.56. The first-order valence-corrected chi connectivity index (χ1v) is 8.27. The zero-order valence-corrected chi connectivity index (χ0v) is 14.8. The van der Waals surface area contributed by atoms with E-state index in [-0.39, 0.29) is 5.56 Å². The second-order valence-electron chi connectivity index (χ2n) is 4.66. The van der Waals surface area contributed by atoms with Gasteiger partial charge in [-0.15, -0.1) is 0 Å². The second-order valence-corrected chi connectivity index (χ2v) is 6.29. The van der Waals surface area contributed by atoms with Crippen LogP contribution in [0.5, 0.6) is 5.75 Å². The number of hydrogen-bond acceptors (Lipinski definition) is 3. The molecule has 0 aliphatic carbocycles. The number of nitrogens with one attached hydrogen (secondary N) is 1. The molecule has 0 fully saturated rings. The molecule has 22 heavy (non-hydrogen) atoms. The minimum absolute atomic E-state index is 0.149. The van der Waals surface area contributed by atoms with Crippen LogP contribution >= 0.6 is 34.8 Å². The molecule has 1 aromatic heterocycles. The van der Waals surface area contributed by atoms with Gasteiger partial charge < -0.3 is 9.72 Å². The summed E-state index contributed by atoms with van der Waals surface area (Å²) in [6, 6.07) is 13.0. The minimum Gasteiger partial charge on any atom is -0.492 e. The predicted octanol–water partition coefficient (Wildman–Crippen LogP) is 4.05. The Hall–Kier alpha value is -1.67. The Morgan fingerprint density at radius 2 is 2.05 bits per heavy atom. The average Bonchev–Trinajstić information content (AvgIpc) is 2.50. The molecule has 4 nitrogen and oxygen atoms in total. The van der Waals surface area contributed by atoms with Crippen LogP contribution < -0.4 is 10.3 Å². The van der Waals surface area contributed by atoms with Gasteiger partial charge in [-0.05, 0) is 72.1 Å². The van der Waals surface area contributed by atoms with Gasteiger partial charge in [0.25, 0.3) is 5.56 Å². The predicted molar refractivity (Wildman–Crippen MR) is 98.6 cm³/mol. The second kappa shape index (κ2) is 6.21. The standard InChI is InChI=1S/C16H13IN2O2S/c1-2-21-14-6-4-3-5-13(14)19-15(20)11-9-10(17)7-8-12(11)18-16(19)22/h3-9H,2H2,1H3,(H,18,22). The van der Waals surface area contributed by atoms with Crippen LogP contribution in [-0.2, 0) is 0 Å². The highest BCUT2D eigenvalue weighted by molar-refractivity contribution is 14.1. The first-order valence-electron chi connectivity index (χ1n) is 6.78. The van der Waals surface area contributed by atoms with Crippen molar-refractivity contribution >= 4 is 45.7 Å². The lowest BCUT2D eigenvalue weighted by Gasteiger charge is -2.13. The molecule has 1 heterocycles. The molecule has 0 aliphatic rings. The molecule has 0 amide bonds. The number of aromatic nitrogens is 2. The molecule has 0 saturated heterocycles. The van der Waals surface area contributed by atoms with E-state index in [4.69, 9.17) is 17.0 Å². The molecular formula is C16H13IN2O2S. The van der Waals surface area contributed by atoms with Crippen LogP contribution in [0.15, 0.2) is 47.3 Å². The number of H-pyrrole nitrogens is 1. The largest absolute Gasteiger partial charge is 0.492 e. The number of fused-ring (bicyclic) bond motifs is 1. The number of nitrogens with zero attached hydrogens (tertiary/aromatic N) is 1. The molecule has 0 saturated carbocycles. The van der Waals surface area contributed by atoms with Crippen LogP contribution in [0, 0.1) is 8.34 Å². The van der Waals surface area contributed by atoms with E-state index in [1.54, 1.807) is 0 Å². The third-order valence-electron chi connectivity index (χ3n) is 3.27. The summed E-state index contributed by atoms with van der Waals surface area (Å²) in [6.07, 6.45) is 0. The summed E-state index contributed by atoms with van der Waals surface area (Å²) in [7, 11) is 0. The van der Waals surface area contributed by atoms with Crippen molar-refractivity contribution < 1.29 is 4.74 Å². The summed E-state index contributed by atoms with van der Waals surface area (Å²) in [6.45, 7) is 2.43. The lowest BCUT2D eigenvalue weighted by molar-refractivity contribution is 0.339. The quantitative estimate of drug-likeness (QED) is 0.510. The van der Waals surface area contributed by atoms with Gasteiger partial charge in [0.15, 0.2) is 4.77 Å². The molecule has 2 aromatic carbocycles. The molecule has 112 valence electrons. The molecule has 0 unspecified atom stereocenters. The van der Waals surface area contributed by atoms with Crippen molar-refractivity contribution in [2.75, 3.05) is 6.61 Å². The van der Waals surface area contributed by atoms with Gasteiger partial charge in [-0.1, -0.05) is 12.1 Å². The van der Waals surface area contributed by atoms with Crippen LogP contribution in [0.2, 0.25) is 0 Å². The van der Waals surface area contributed by atoms with Crippen molar-refractivity contribution in [3.05, 3.63) is 61.2 Å². The van der Waals surface area contributed by atoms with Crippen molar-refractivity contribution in [3.63, 3.8) is 0 Å². The molecule has 1 N–H and O–H groups in total. The normalized spacial score (nSPS) is 10.8. The number of ether oxygens (including phenoxy) is 1. The van der Waals surface area contributed by atoms with Gasteiger partial charge in [0.05, 0.1) is 23.2 Å². The lowest BCUT2D eigenvalue weighted by Crippen LogP contribution is -2.21. The highest BCUT2D eigenvalue weighted by Crippen LogP contribution is 2.22. The van der Waals surface area contributed by atoms with Gasteiger partial charge in [0, 0.05) is 3.57 Å². The van der Waals surface area contributed by atoms with Crippen LogP contribution in [-0.4, -0.2) is 16.2 Å². The van der Waals surface area contributed by atoms with Crippen LogP contribution in [0.1, 0.15) is 6.92 Å². The van der Waals surface area contributed by atoms with Crippen molar-refractivity contribution in [2.24, 2.45) is 0 Å². The number of rotatable bonds is 3. The number of para-hydroxylation sites is 2. The van der Waals surface area contributed by atoms with Gasteiger partial charge in [-0.2, -0.15) is 0 Å². The summed E-state index contributed by atoms with van der Waals surface area (Å²) in [5.74, 6) is 0.636. The molecule has 0 aliphatic heterocycles. The SMILES string of the molecule is CCOc1ccccc1-n1c(=S)[nH]c2ccc(I)cc2c1=O. The summed E-state index contributed by atoms with van der Waals surface area (Å²) < 4.78 is 8.45. The maximum Gasteiger partial charge on any atom is 0.266 e. The topological polar surface area (TPSA) is 47.0 Å². The van der Waals surface area contributed by atoms with Crippen molar-refractivity contribution in [3.8, 4) is 11.4 Å². The molecule has 3 rings (SSSR count). The summed E-state index contributed by atoms with van der Waals surface area (Å²) in [4.78, 5) is 16.0. The van der Waals surface area contributed by atoms with Crippen LogP contribution in [0.4, 0.5) is 0 Å². The Bertz CT molecular complexity index is 962. The molecule has 3 aromatic rings. The third kappa shape index (κ3) is 2.68. The van der Waals surface area contributed by atoms with Gasteiger partial charge >= 0.3 is 0 Å². The van der Waals surface area contributed by atoms with E-state index in [1.807, 2.05) is 49.4 Å². The van der Waals surface area contributed by atoms with Crippen molar-refractivity contribution in [1.82, 2.24) is 9.55 Å². The number of hydrogen-bond donors (Lipinski definition) is 1. The molecule has 0 bridgehead atoms. The monoisotopic (exact) mass is 424 g/mol. The van der Waals surface area contributed by atoms with E-state index in [2.05, 4.69) is 27.6 Å². The fraction of sp³-hybridized carbons (Fsp3) is 0.125. The molecule has 0 spiro atoms. The van der Waals surface area contributed by atoms with Gasteiger partial charge in [0.1, 0.15) is 5.75 Å². The van der Waals surface area contributed by atoms with E-state index in [0.717, 1.165) is 9.09 Å². The first kappa shape index (κ1) is 15.2. The fourth-order valence-corrected chi connectivity index (χ4v) is 3.11. The smallest absolute Gasteiger partial charge is 0.266 e. The maximum absolute atomic E-state index is 12.9. The fourth-order valence-electron chi connectivity index (χ4n) is 2.32. The Kier molecular flexibility index (Phi) is 4.30. The molecule has 6 heteroatoms. The molecule has 0 atom stereocenters. The summed E-state index contributed by atoms with van der Waals surface area (Å²) in [5.41, 5.74) is 1.24. The Labute approximate surface area is 145 Å². The Balaban J connectivity index is 2.37. The lowest BCUT2D eigenvalue weighted by atomic mass is 10.2. The van der Waals surface area contributed by atoms with Gasteiger partial charge in [-0.3, -0.25) is 4.79 Å². The van der Waals surface area contributed by atoms with Gasteiger partial charge in [-0.25, -0.2) is 4.57 Å². The first-order chi connectivity index (χ1) is 10.6.